The molecule has 0 unspecified atom stereocenters. The third-order valence-electron chi connectivity index (χ3n) is 2.67. The van der Waals surface area contributed by atoms with Crippen molar-refractivity contribution in [3.63, 3.8) is 0 Å². The van der Waals surface area contributed by atoms with Crippen molar-refractivity contribution in [3.05, 3.63) is 53.3 Å². The summed E-state index contributed by atoms with van der Waals surface area (Å²) in [4.78, 5) is 0. The number of alkyl halides is 2. The van der Waals surface area contributed by atoms with E-state index in [1.165, 1.54) is 12.1 Å². The summed E-state index contributed by atoms with van der Waals surface area (Å²) >= 11 is 0. The number of hydrogen-bond donors (Lipinski definition) is 1. The number of nitrogen functional groups attached to an aromatic ring is 1. The van der Waals surface area contributed by atoms with E-state index in [1.807, 2.05) is 0 Å². The summed E-state index contributed by atoms with van der Waals surface area (Å²) in [6.07, 6.45) is -2.81. The highest BCUT2D eigenvalue weighted by atomic mass is 19.3. The van der Waals surface area contributed by atoms with Gasteiger partial charge in [0.2, 0.25) is 0 Å². The van der Waals surface area contributed by atoms with Crippen molar-refractivity contribution < 1.29 is 22.0 Å². The highest BCUT2D eigenvalue weighted by Gasteiger charge is 2.17. The van der Waals surface area contributed by atoms with Crippen LogP contribution in [0.5, 0.6) is 0 Å². The van der Waals surface area contributed by atoms with Crippen molar-refractivity contribution in [2.24, 2.45) is 0 Å². The van der Waals surface area contributed by atoms with Gasteiger partial charge in [-0.15, -0.1) is 0 Å². The van der Waals surface area contributed by atoms with Gasteiger partial charge in [0, 0.05) is 16.8 Å². The molecule has 19 heavy (non-hydrogen) atoms. The molecule has 0 aliphatic rings. The Balaban J connectivity index is 2.63. The standard InChI is InChI=1S/C13H8F5N/c14-9-4-6(5-10(15)11(9)16)7-2-1-3-8(12(7)19)13(17)18/h1-5,13H,19H2. The molecule has 0 radical (unpaired) electrons. The van der Waals surface area contributed by atoms with Gasteiger partial charge in [0.05, 0.1) is 0 Å². The first kappa shape index (κ1) is 13.3. The largest absolute Gasteiger partial charge is 0.398 e. The average molecular weight is 273 g/mol. The molecule has 100 valence electrons. The van der Waals surface area contributed by atoms with Crippen molar-refractivity contribution in [1.82, 2.24) is 0 Å². The fourth-order valence-corrected chi connectivity index (χ4v) is 1.74. The molecule has 0 fully saturated rings. The number of halogens is 5. The van der Waals surface area contributed by atoms with Crippen molar-refractivity contribution >= 4 is 5.69 Å². The van der Waals surface area contributed by atoms with Gasteiger partial charge in [0.25, 0.3) is 6.43 Å². The lowest BCUT2D eigenvalue weighted by Gasteiger charge is -2.11. The number of nitrogens with two attached hydrogens (primary N) is 1. The fraction of sp³-hybridized carbons (Fsp3) is 0.0769. The van der Waals surface area contributed by atoms with Gasteiger partial charge >= 0.3 is 0 Å². The van der Waals surface area contributed by atoms with Gasteiger partial charge in [-0.2, -0.15) is 0 Å². The van der Waals surface area contributed by atoms with E-state index in [9.17, 15) is 22.0 Å². The maximum atomic E-state index is 13.1. The number of anilines is 1. The Kier molecular flexibility index (Phi) is 3.42. The van der Waals surface area contributed by atoms with E-state index < -0.39 is 29.4 Å². The van der Waals surface area contributed by atoms with E-state index in [-0.39, 0.29) is 16.8 Å². The topological polar surface area (TPSA) is 26.0 Å². The molecule has 0 aliphatic carbocycles. The maximum Gasteiger partial charge on any atom is 0.265 e. The first-order valence-corrected chi connectivity index (χ1v) is 5.23. The zero-order valence-electron chi connectivity index (χ0n) is 9.43. The Labute approximate surface area is 105 Å². The second kappa shape index (κ2) is 4.87. The van der Waals surface area contributed by atoms with Gasteiger partial charge in [-0.3, -0.25) is 0 Å². The molecule has 2 N–H and O–H groups in total. The summed E-state index contributed by atoms with van der Waals surface area (Å²) in [6, 6.07) is 5.14. The molecule has 0 heterocycles. The normalized spacial score (nSPS) is 11.1. The summed E-state index contributed by atoms with van der Waals surface area (Å²) in [6.45, 7) is 0. The van der Waals surface area contributed by atoms with Gasteiger partial charge < -0.3 is 5.73 Å². The Morgan fingerprint density at radius 1 is 0.947 bits per heavy atom. The molecule has 1 nitrogen and oxygen atoms in total. The minimum absolute atomic E-state index is 0.0237. The van der Waals surface area contributed by atoms with Crippen molar-refractivity contribution in [1.29, 1.82) is 0 Å². The van der Waals surface area contributed by atoms with E-state index in [1.54, 1.807) is 0 Å². The molecule has 0 saturated carbocycles. The zero-order valence-corrected chi connectivity index (χ0v) is 9.43. The second-order valence-electron chi connectivity index (χ2n) is 3.86. The van der Waals surface area contributed by atoms with Gasteiger partial charge in [-0.05, 0) is 17.7 Å². The minimum atomic E-state index is -2.81. The number of para-hydroxylation sites is 1. The zero-order chi connectivity index (χ0) is 14.2. The molecular weight excluding hydrogens is 265 g/mol. The van der Waals surface area contributed by atoms with Gasteiger partial charge in [0.1, 0.15) is 0 Å². The molecule has 2 aromatic carbocycles. The Morgan fingerprint density at radius 2 is 1.53 bits per heavy atom. The Morgan fingerprint density at radius 3 is 2.05 bits per heavy atom. The third-order valence-corrected chi connectivity index (χ3v) is 2.67. The van der Waals surface area contributed by atoms with E-state index >= 15 is 0 Å². The van der Waals surface area contributed by atoms with E-state index in [0.29, 0.717) is 12.1 Å². The van der Waals surface area contributed by atoms with Crippen LogP contribution >= 0.6 is 0 Å². The summed E-state index contributed by atoms with van der Waals surface area (Å²) in [5.41, 5.74) is 4.73. The fourth-order valence-electron chi connectivity index (χ4n) is 1.74. The highest BCUT2D eigenvalue weighted by molar-refractivity contribution is 5.78. The van der Waals surface area contributed by atoms with Crippen LogP contribution in [0, 0.1) is 17.5 Å². The molecular formula is C13H8F5N. The predicted octanol–water partition coefficient (Wildman–Crippen LogP) is 4.29. The lowest BCUT2D eigenvalue weighted by Crippen LogP contribution is -1.99. The molecule has 2 rings (SSSR count). The molecule has 0 saturated heterocycles. The molecule has 0 amide bonds. The van der Waals surface area contributed by atoms with Crippen LogP contribution in [0.25, 0.3) is 11.1 Å². The van der Waals surface area contributed by atoms with Crippen LogP contribution in [0.3, 0.4) is 0 Å². The third kappa shape index (κ3) is 2.38. The first-order valence-electron chi connectivity index (χ1n) is 5.23. The Bertz CT molecular complexity index is 601. The molecule has 0 bridgehead atoms. The summed E-state index contributed by atoms with van der Waals surface area (Å²) < 4.78 is 64.4. The first-order chi connectivity index (χ1) is 8.91. The van der Waals surface area contributed by atoms with E-state index in [0.717, 1.165) is 6.07 Å². The number of rotatable bonds is 2. The molecule has 0 aliphatic heterocycles. The monoisotopic (exact) mass is 273 g/mol. The van der Waals surface area contributed by atoms with Crippen LogP contribution < -0.4 is 5.73 Å². The minimum Gasteiger partial charge on any atom is -0.398 e. The van der Waals surface area contributed by atoms with E-state index in [2.05, 4.69) is 0 Å². The highest BCUT2D eigenvalue weighted by Crippen LogP contribution is 2.34. The van der Waals surface area contributed by atoms with Crippen molar-refractivity contribution in [2.45, 2.75) is 6.43 Å². The van der Waals surface area contributed by atoms with Gasteiger partial charge in [-0.25, -0.2) is 22.0 Å². The van der Waals surface area contributed by atoms with Crippen LogP contribution in [0.2, 0.25) is 0 Å². The van der Waals surface area contributed by atoms with Gasteiger partial charge in [0.15, 0.2) is 17.5 Å². The summed E-state index contributed by atoms with van der Waals surface area (Å²) in [7, 11) is 0. The molecule has 0 aromatic heterocycles. The molecule has 0 atom stereocenters. The predicted molar refractivity (Wildman–Crippen MR) is 61.1 cm³/mol. The maximum absolute atomic E-state index is 13.1. The van der Waals surface area contributed by atoms with Crippen LogP contribution in [0.4, 0.5) is 27.6 Å². The van der Waals surface area contributed by atoms with Crippen LogP contribution in [0.1, 0.15) is 12.0 Å². The van der Waals surface area contributed by atoms with Crippen LogP contribution in [-0.2, 0) is 0 Å². The van der Waals surface area contributed by atoms with Crippen LogP contribution in [0.15, 0.2) is 30.3 Å². The van der Waals surface area contributed by atoms with Crippen molar-refractivity contribution in [3.8, 4) is 11.1 Å². The summed E-state index contributed by atoms with van der Waals surface area (Å²) in [5.74, 6) is -4.43. The van der Waals surface area contributed by atoms with E-state index in [4.69, 9.17) is 5.73 Å². The van der Waals surface area contributed by atoms with Gasteiger partial charge in [-0.1, -0.05) is 18.2 Å². The smallest absolute Gasteiger partial charge is 0.265 e. The number of hydrogen-bond acceptors (Lipinski definition) is 1. The quantitative estimate of drug-likeness (QED) is 0.493. The second-order valence-corrected chi connectivity index (χ2v) is 3.86. The average Bonchev–Trinajstić information content (AvgIpc) is 2.35. The van der Waals surface area contributed by atoms with Crippen LogP contribution in [-0.4, -0.2) is 0 Å². The molecule has 6 heteroatoms. The lowest BCUT2D eigenvalue weighted by molar-refractivity contribution is 0.152. The molecule has 0 spiro atoms. The lowest BCUT2D eigenvalue weighted by atomic mass is 10.00. The molecule has 2 aromatic rings. The number of benzene rings is 2. The van der Waals surface area contributed by atoms with Crippen molar-refractivity contribution in [2.75, 3.05) is 5.73 Å². The summed E-state index contributed by atoms with van der Waals surface area (Å²) in [5, 5.41) is 0. The Hall–Kier alpha value is -2.11. The SMILES string of the molecule is Nc1c(-c2cc(F)c(F)c(F)c2)cccc1C(F)F.